The van der Waals surface area contributed by atoms with E-state index in [4.69, 9.17) is 11.6 Å². The number of nitrogens with zero attached hydrogens (tertiary/aromatic N) is 2. The van der Waals surface area contributed by atoms with Gasteiger partial charge >= 0.3 is 0 Å². The van der Waals surface area contributed by atoms with Crippen LogP contribution >= 0.6 is 23.4 Å². The smallest absolute Gasteiger partial charge is 0.269 e. The van der Waals surface area contributed by atoms with Crippen LogP contribution in [0.25, 0.3) is 0 Å². The first kappa shape index (κ1) is 23.6. The number of halogens is 1. The van der Waals surface area contributed by atoms with Crippen LogP contribution in [0.5, 0.6) is 0 Å². The number of benzene rings is 3. The molecule has 34 heavy (non-hydrogen) atoms. The quantitative estimate of drug-likeness (QED) is 0.352. The first-order chi connectivity index (χ1) is 16.4. The number of anilines is 2. The van der Waals surface area contributed by atoms with Gasteiger partial charge in [0, 0.05) is 16.4 Å². The van der Waals surface area contributed by atoms with Crippen LogP contribution in [0, 0.1) is 25.2 Å². The van der Waals surface area contributed by atoms with Gasteiger partial charge in [-0.2, -0.15) is 5.26 Å². The third-order valence-electron chi connectivity index (χ3n) is 5.49. The van der Waals surface area contributed by atoms with E-state index in [1.807, 2.05) is 68.4 Å². The van der Waals surface area contributed by atoms with Gasteiger partial charge in [0.05, 0.1) is 5.25 Å². The van der Waals surface area contributed by atoms with Crippen LogP contribution in [0.15, 0.2) is 83.4 Å². The number of para-hydroxylation sites is 1. The predicted octanol–water partition coefficient (Wildman–Crippen LogP) is 6.02. The van der Waals surface area contributed by atoms with Gasteiger partial charge < -0.3 is 5.32 Å². The molecule has 1 aliphatic heterocycles. The molecular formula is C27H22ClN3O2S. The zero-order valence-electron chi connectivity index (χ0n) is 18.7. The summed E-state index contributed by atoms with van der Waals surface area (Å²) in [6.07, 6.45) is 0.425. The van der Waals surface area contributed by atoms with E-state index in [1.54, 1.807) is 24.3 Å². The molecule has 1 heterocycles. The fraction of sp³-hybridized carbons (Fsp3) is 0.148. The average molecular weight is 488 g/mol. The standard InChI is InChI=1S/C27H22ClN3O2S/c1-17-8-12-20(13-9-17)30-25(32)22(16-29)27-31(21-6-4-3-5-7-21)26(33)24(34-27)15-19-11-10-18(2)23(28)14-19/h3-14,24H,15H2,1-2H3,(H,30,32). The van der Waals surface area contributed by atoms with Gasteiger partial charge in [0.15, 0.2) is 0 Å². The van der Waals surface area contributed by atoms with Crippen molar-refractivity contribution < 1.29 is 9.59 Å². The van der Waals surface area contributed by atoms with E-state index >= 15 is 0 Å². The second-order valence-corrected chi connectivity index (χ2v) is 9.61. The number of nitriles is 1. The van der Waals surface area contributed by atoms with Crippen LogP contribution in [0.3, 0.4) is 0 Å². The summed E-state index contributed by atoms with van der Waals surface area (Å²) in [5.74, 6) is -0.736. The molecule has 5 nitrogen and oxygen atoms in total. The molecule has 1 N–H and O–H groups in total. The number of aryl methyl sites for hydroxylation is 2. The molecule has 1 aliphatic rings. The number of carbonyl (C=O) groups excluding carboxylic acids is 2. The minimum absolute atomic E-state index is 0.104. The van der Waals surface area contributed by atoms with Crippen LogP contribution in [0.1, 0.15) is 16.7 Å². The second-order valence-electron chi connectivity index (χ2n) is 8.02. The first-order valence-corrected chi connectivity index (χ1v) is 12.0. The molecule has 3 aromatic rings. The highest BCUT2D eigenvalue weighted by Crippen LogP contribution is 2.42. The third kappa shape index (κ3) is 5.01. The second kappa shape index (κ2) is 10.2. The highest BCUT2D eigenvalue weighted by Gasteiger charge is 2.40. The van der Waals surface area contributed by atoms with Gasteiger partial charge in [-0.25, -0.2) is 0 Å². The first-order valence-electron chi connectivity index (χ1n) is 10.7. The Morgan fingerprint density at radius 1 is 1.09 bits per heavy atom. The number of nitrogens with one attached hydrogen (secondary N) is 1. The van der Waals surface area contributed by atoms with E-state index in [9.17, 15) is 14.9 Å². The molecule has 0 aromatic heterocycles. The summed E-state index contributed by atoms with van der Waals surface area (Å²) in [5.41, 5.74) is 4.02. The lowest BCUT2D eigenvalue weighted by molar-refractivity contribution is -0.117. The van der Waals surface area contributed by atoms with Gasteiger partial charge in [-0.3, -0.25) is 14.5 Å². The van der Waals surface area contributed by atoms with Crippen molar-refractivity contribution in [3.05, 3.63) is 105 Å². The van der Waals surface area contributed by atoms with E-state index in [1.165, 1.54) is 16.7 Å². The van der Waals surface area contributed by atoms with Gasteiger partial charge in [-0.05, 0) is 61.7 Å². The van der Waals surface area contributed by atoms with Crippen LogP contribution in [-0.2, 0) is 16.0 Å². The highest BCUT2D eigenvalue weighted by atomic mass is 35.5. The van der Waals surface area contributed by atoms with E-state index in [0.717, 1.165) is 16.7 Å². The predicted molar refractivity (Wildman–Crippen MR) is 138 cm³/mol. The Bertz CT molecular complexity index is 1310. The van der Waals surface area contributed by atoms with E-state index in [2.05, 4.69) is 5.32 Å². The molecule has 0 saturated carbocycles. The fourth-order valence-electron chi connectivity index (χ4n) is 3.61. The number of carbonyl (C=O) groups is 2. The van der Waals surface area contributed by atoms with Crippen LogP contribution < -0.4 is 10.2 Å². The Morgan fingerprint density at radius 3 is 2.44 bits per heavy atom. The Hall–Kier alpha value is -3.53. The van der Waals surface area contributed by atoms with Crippen LogP contribution in [0.4, 0.5) is 11.4 Å². The van der Waals surface area contributed by atoms with Crippen molar-refractivity contribution in [1.82, 2.24) is 0 Å². The number of thioether (sulfide) groups is 1. The number of hydrogen-bond donors (Lipinski definition) is 1. The SMILES string of the molecule is Cc1ccc(NC(=O)C(C#N)=C2SC(Cc3ccc(C)c(Cl)c3)C(=O)N2c2ccccc2)cc1. The Kier molecular flexibility index (Phi) is 7.06. The molecule has 2 amide bonds. The van der Waals surface area contributed by atoms with E-state index in [0.29, 0.717) is 27.8 Å². The van der Waals surface area contributed by atoms with Crippen molar-refractivity contribution in [2.45, 2.75) is 25.5 Å². The van der Waals surface area contributed by atoms with Crippen molar-refractivity contribution in [2.75, 3.05) is 10.2 Å². The number of amides is 2. The Balaban J connectivity index is 1.70. The molecule has 1 saturated heterocycles. The van der Waals surface area contributed by atoms with Crippen LogP contribution in [-0.4, -0.2) is 17.1 Å². The maximum atomic E-state index is 13.5. The van der Waals surface area contributed by atoms with Crippen molar-refractivity contribution in [3.8, 4) is 6.07 Å². The lowest BCUT2D eigenvalue weighted by Gasteiger charge is -2.18. The molecule has 1 atom stereocenters. The molecule has 1 unspecified atom stereocenters. The summed E-state index contributed by atoms with van der Waals surface area (Å²) in [6.45, 7) is 3.87. The summed E-state index contributed by atoms with van der Waals surface area (Å²) in [4.78, 5) is 28.1. The molecule has 4 rings (SSSR count). The summed E-state index contributed by atoms with van der Waals surface area (Å²) in [6, 6.07) is 24.1. The van der Waals surface area contributed by atoms with Crippen molar-refractivity contribution in [1.29, 1.82) is 5.26 Å². The zero-order chi connectivity index (χ0) is 24.2. The molecule has 170 valence electrons. The molecule has 7 heteroatoms. The zero-order valence-corrected chi connectivity index (χ0v) is 20.3. The summed E-state index contributed by atoms with van der Waals surface area (Å²) < 4.78 is 0. The number of rotatable bonds is 5. The maximum absolute atomic E-state index is 13.5. The summed E-state index contributed by atoms with van der Waals surface area (Å²) in [5, 5.41) is 13.2. The monoisotopic (exact) mass is 487 g/mol. The molecule has 0 aliphatic carbocycles. The van der Waals surface area contributed by atoms with Gasteiger partial charge in [-0.1, -0.05) is 71.4 Å². The average Bonchev–Trinajstić information content (AvgIpc) is 3.14. The lowest BCUT2D eigenvalue weighted by Crippen LogP contribution is -2.30. The van der Waals surface area contributed by atoms with Gasteiger partial charge in [-0.15, -0.1) is 0 Å². The summed E-state index contributed by atoms with van der Waals surface area (Å²) >= 11 is 7.51. The van der Waals surface area contributed by atoms with Gasteiger partial charge in [0.25, 0.3) is 5.91 Å². The Labute approximate surface area is 208 Å². The molecule has 3 aromatic carbocycles. The topological polar surface area (TPSA) is 73.2 Å². The normalized spacial score (nSPS) is 16.8. The van der Waals surface area contributed by atoms with Gasteiger partial charge in [0.1, 0.15) is 16.7 Å². The van der Waals surface area contributed by atoms with Crippen LogP contribution in [0.2, 0.25) is 5.02 Å². The van der Waals surface area contributed by atoms with Crippen molar-refractivity contribution in [3.63, 3.8) is 0 Å². The number of hydrogen-bond acceptors (Lipinski definition) is 4. The van der Waals surface area contributed by atoms with Crippen molar-refractivity contribution >= 4 is 46.6 Å². The Morgan fingerprint density at radius 2 is 1.79 bits per heavy atom. The van der Waals surface area contributed by atoms with E-state index in [-0.39, 0.29) is 11.5 Å². The highest BCUT2D eigenvalue weighted by molar-refractivity contribution is 8.05. The molecule has 1 fully saturated rings. The lowest BCUT2D eigenvalue weighted by atomic mass is 10.1. The summed E-state index contributed by atoms with van der Waals surface area (Å²) in [7, 11) is 0. The fourth-order valence-corrected chi connectivity index (χ4v) is 5.12. The molecule has 0 spiro atoms. The molecular weight excluding hydrogens is 466 g/mol. The molecule has 0 bridgehead atoms. The van der Waals surface area contributed by atoms with Crippen molar-refractivity contribution in [2.24, 2.45) is 0 Å². The van der Waals surface area contributed by atoms with Gasteiger partial charge in [0.2, 0.25) is 5.91 Å². The largest absolute Gasteiger partial charge is 0.321 e. The molecule has 0 radical (unpaired) electrons. The minimum Gasteiger partial charge on any atom is -0.321 e. The minimum atomic E-state index is -0.554. The third-order valence-corrected chi connectivity index (χ3v) is 7.16. The maximum Gasteiger partial charge on any atom is 0.269 e. The van der Waals surface area contributed by atoms with E-state index < -0.39 is 11.2 Å².